The lowest BCUT2D eigenvalue weighted by molar-refractivity contribution is 0.0239. The van der Waals surface area contributed by atoms with Gasteiger partial charge in [0.2, 0.25) is 0 Å². The number of nitrogens with zero attached hydrogens (tertiary/aromatic N) is 2. The minimum atomic E-state index is -0.219. The number of hydrogen-bond acceptors (Lipinski definition) is 5. The molecule has 0 radical (unpaired) electrons. The third-order valence-electron chi connectivity index (χ3n) is 7.56. The first-order valence-corrected chi connectivity index (χ1v) is 12.7. The number of halogens is 1. The number of aryl methyl sites for hydroxylation is 2. The first-order valence-electron chi connectivity index (χ1n) is 12.3. The number of rotatable bonds is 5. The molecule has 0 spiro atoms. The topological polar surface area (TPSA) is 74.9 Å². The predicted octanol–water partition coefficient (Wildman–Crippen LogP) is 4.49. The summed E-state index contributed by atoms with van der Waals surface area (Å²) in [5, 5.41) is 0.362. The molecule has 1 saturated carbocycles. The molecule has 1 aliphatic carbocycles. The van der Waals surface area contributed by atoms with Crippen LogP contribution in [0.3, 0.4) is 0 Å². The Kier molecular flexibility index (Phi) is 7.48. The zero-order chi connectivity index (χ0) is 25.4. The van der Waals surface area contributed by atoms with Crippen LogP contribution in [0.15, 0.2) is 16.9 Å². The summed E-state index contributed by atoms with van der Waals surface area (Å²) in [5.41, 5.74) is 3.21. The Balaban J connectivity index is 1.54. The van der Waals surface area contributed by atoms with Gasteiger partial charge in [-0.2, -0.15) is 0 Å². The molecule has 2 aliphatic rings. The third kappa shape index (κ3) is 5.21. The maximum Gasteiger partial charge on any atom is 0.254 e. The fourth-order valence-electron chi connectivity index (χ4n) is 5.37. The Morgan fingerprint density at radius 1 is 1.09 bits per heavy atom. The van der Waals surface area contributed by atoms with Crippen molar-refractivity contribution in [3.05, 3.63) is 55.5 Å². The van der Waals surface area contributed by atoms with Crippen LogP contribution in [0.5, 0.6) is 11.5 Å². The number of nitrogens with one attached hydrogen (secondary N) is 1. The second-order valence-corrected chi connectivity index (χ2v) is 10.7. The lowest BCUT2D eigenvalue weighted by Gasteiger charge is -2.38. The normalized spacial score (nSPS) is 21.8. The molecule has 8 heteroatoms. The summed E-state index contributed by atoms with van der Waals surface area (Å²) < 4.78 is 12.5. The third-order valence-corrected chi connectivity index (χ3v) is 7.84. The van der Waals surface area contributed by atoms with Crippen LogP contribution < -0.4 is 15.0 Å². The number of pyridine rings is 1. The summed E-state index contributed by atoms with van der Waals surface area (Å²) in [4.78, 5) is 32.6. The molecule has 1 atom stereocenters. The number of fused-ring (bicyclic) bond motifs is 1. The molecule has 2 heterocycles. The zero-order valence-electron chi connectivity index (χ0n) is 21.5. The average Bonchev–Trinajstić information content (AvgIpc) is 2.82. The number of ether oxygens (including phenoxy) is 2. The van der Waals surface area contributed by atoms with Crippen molar-refractivity contribution < 1.29 is 14.3 Å². The fraction of sp³-hybridized carbons (Fsp3) is 0.556. The Hall–Kier alpha value is -2.51. The zero-order valence-corrected chi connectivity index (χ0v) is 22.3. The highest BCUT2D eigenvalue weighted by Gasteiger charge is 2.35. The van der Waals surface area contributed by atoms with E-state index in [2.05, 4.69) is 24.0 Å². The van der Waals surface area contributed by atoms with Gasteiger partial charge in [-0.3, -0.25) is 9.59 Å². The molecule has 1 amide bonds. The maximum atomic E-state index is 13.4. The van der Waals surface area contributed by atoms with Crippen LogP contribution in [0.25, 0.3) is 0 Å². The van der Waals surface area contributed by atoms with E-state index in [1.165, 1.54) is 0 Å². The van der Waals surface area contributed by atoms with E-state index in [1.54, 1.807) is 18.0 Å². The van der Waals surface area contributed by atoms with Gasteiger partial charge in [-0.25, -0.2) is 0 Å². The van der Waals surface area contributed by atoms with Gasteiger partial charge in [0.1, 0.15) is 12.7 Å². The molecule has 0 unspecified atom stereocenters. The summed E-state index contributed by atoms with van der Waals surface area (Å²) >= 11 is 6.55. The second-order valence-electron chi connectivity index (χ2n) is 10.3. The van der Waals surface area contributed by atoms with Crippen molar-refractivity contribution in [1.29, 1.82) is 0 Å². The quantitative estimate of drug-likeness (QED) is 0.653. The van der Waals surface area contributed by atoms with Gasteiger partial charge in [0.15, 0.2) is 11.5 Å². The number of benzene rings is 1. The first-order chi connectivity index (χ1) is 16.6. The maximum absolute atomic E-state index is 13.4. The highest BCUT2D eigenvalue weighted by molar-refractivity contribution is 6.32. The van der Waals surface area contributed by atoms with Gasteiger partial charge in [0.05, 0.1) is 11.6 Å². The van der Waals surface area contributed by atoms with Gasteiger partial charge in [0, 0.05) is 35.5 Å². The summed E-state index contributed by atoms with van der Waals surface area (Å²) in [6.07, 6.45) is 4.41. The molecule has 7 nitrogen and oxygen atoms in total. The Labute approximate surface area is 212 Å². The van der Waals surface area contributed by atoms with Crippen molar-refractivity contribution in [3.63, 3.8) is 0 Å². The molecule has 1 aromatic heterocycles. The SMILES string of the molecule is Cc1cc(C)c(CN(C)C(=O)c2cc(Cl)c3c(c2C)O[C@@H]([C@H]2CC[C@@H](N(C)C)CC2)CO3)c(=O)[nH]1. The fourth-order valence-corrected chi connectivity index (χ4v) is 5.62. The van der Waals surface area contributed by atoms with E-state index in [0.29, 0.717) is 51.8 Å². The summed E-state index contributed by atoms with van der Waals surface area (Å²) in [6.45, 7) is 6.26. The lowest BCUT2D eigenvalue weighted by Crippen LogP contribution is -2.41. The van der Waals surface area contributed by atoms with Crippen molar-refractivity contribution in [3.8, 4) is 11.5 Å². The monoisotopic (exact) mass is 501 g/mol. The molecule has 2 aromatic rings. The van der Waals surface area contributed by atoms with E-state index in [1.807, 2.05) is 26.8 Å². The first kappa shape index (κ1) is 25.6. The van der Waals surface area contributed by atoms with Crippen molar-refractivity contribution in [2.24, 2.45) is 5.92 Å². The van der Waals surface area contributed by atoms with Crippen LogP contribution in [-0.2, 0) is 6.54 Å². The van der Waals surface area contributed by atoms with Gasteiger partial charge >= 0.3 is 0 Å². The highest BCUT2D eigenvalue weighted by atomic mass is 35.5. The number of amides is 1. The van der Waals surface area contributed by atoms with Crippen molar-refractivity contribution >= 4 is 17.5 Å². The Bertz CT molecular complexity index is 1170. The van der Waals surface area contributed by atoms with Crippen molar-refractivity contribution in [2.45, 2.75) is 65.1 Å². The van der Waals surface area contributed by atoms with Crippen molar-refractivity contribution in [1.82, 2.24) is 14.8 Å². The number of aromatic amines is 1. The summed E-state index contributed by atoms with van der Waals surface area (Å²) in [6, 6.07) is 4.17. The molecule has 1 aliphatic heterocycles. The average molecular weight is 502 g/mol. The molecule has 190 valence electrons. The minimum Gasteiger partial charge on any atom is -0.484 e. The van der Waals surface area contributed by atoms with Crippen LogP contribution in [0.1, 0.15) is 58.4 Å². The smallest absolute Gasteiger partial charge is 0.254 e. The minimum absolute atomic E-state index is 0.0581. The van der Waals surface area contributed by atoms with Crippen LogP contribution in [0.2, 0.25) is 5.02 Å². The van der Waals surface area contributed by atoms with Crippen LogP contribution >= 0.6 is 11.6 Å². The van der Waals surface area contributed by atoms with Gasteiger partial charge in [-0.1, -0.05) is 11.6 Å². The number of carbonyl (C=O) groups is 1. The predicted molar refractivity (Wildman–Crippen MR) is 138 cm³/mol. The van der Waals surface area contributed by atoms with E-state index in [4.69, 9.17) is 21.1 Å². The van der Waals surface area contributed by atoms with Gasteiger partial charge in [-0.05, 0) is 84.2 Å². The van der Waals surface area contributed by atoms with Gasteiger partial charge in [0.25, 0.3) is 11.5 Å². The number of H-pyrrole nitrogens is 1. The standard InChI is InChI=1S/C27H36ClN3O4/c1-15-11-16(2)29-26(32)21(15)13-31(6)27(33)20-12-22(28)25-24(17(20)3)35-23(14-34-25)18-7-9-19(10-8-18)30(4)5/h11-12,18-19,23H,7-10,13-14H2,1-6H3,(H,29,32)/t18-,19+,23-/m1/s1. The van der Waals surface area contributed by atoms with Crippen LogP contribution in [-0.4, -0.2) is 60.6 Å². The van der Waals surface area contributed by atoms with Crippen molar-refractivity contribution in [2.75, 3.05) is 27.7 Å². The molecule has 1 fully saturated rings. The molecule has 1 N–H and O–H groups in total. The van der Waals surface area contributed by atoms with E-state index in [0.717, 1.165) is 36.9 Å². The van der Waals surface area contributed by atoms with Crippen LogP contribution in [0, 0.1) is 26.7 Å². The lowest BCUT2D eigenvalue weighted by atomic mass is 9.82. The summed E-state index contributed by atoms with van der Waals surface area (Å²) in [5.74, 6) is 1.26. The largest absolute Gasteiger partial charge is 0.484 e. The second kappa shape index (κ2) is 10.2. The summed E-state index contributed by atoms with van der Waals surface area (Å²) in [7, 11) is 5.97. The molecular weight excluding hydrogens is 466 g/mol. The number of aromatic nitrogens is 1. The molecule has 4 rings (SSSR count). The Morgan fingerprint density at radius 3 is 2.40 bits per heavy atom. The molecule has 0 saturated heterocycles. The molecule has 1 aromatic carbocycles. The van der Waals surface area contributed by atoms with E-state index < -0.39 is 0 Å². The number of carbonyl (C=O) groups excluding carboxylic acids is 1. The van der Waals surface area contributed by atoms with E-state index >= 15 is 0 Å². The number of hydrogen-bond donors (Lipinski definition) is 1. The van der Waals surface area contributed by atoms with E-state index in [9.17, 15) is 9.59 Å². The van der Waals surface area contributed by atoms with E-state index in [-0.39, 0.29) is 24.1 Å². The molecular formula is C27H36ClN3O4. The van der Waals surface area contributed by atoms with Crippen LogP contribution in [0.4, 0.5) is 0 Å². The molecule has 0 bridgehead atoms. The Morgan fingerprint density at radius 2 is 1.77 bits per heavy atom. The molecule has 35 heavy (non-hydrogen) atoms. The highest BCUT2D eigenvalue weighted by Crippen LogP contribution is 2.45. The van der Waals surface area contributed by atoms with Gasteiger partial charge in [-0.15, -0.1) is 0 Å². The van der Waals surface area contributed by atoms with Gasteiger partial charge < -0.3 is 24.3 Å².